The number of carbonyl (C=O) groups is 1. The molecule has 1 heterocycles. The Labute approximate surface area is 137 Å². The van der Waals surface area contributed by atoms with Crippen molar-refractivity contribution in [3.05, 3.63) is 56.3 Å². The Balaban J connectivity index is 2.28. The lowest BCUT2D eigenvalue weighted by Gasteiger charge is -2.10. The van der Waals surface area contributed by atoms with Crippen molar-refractivity contribution in [1.29, 1.82) is 0 Å². The maximum absolute atomic E-state index is 12.3. The number of aryl methyl sites for hydroxylation is 3. The number of rotatable bonds is 3. The Morgan fingerprint density at radius 2 is 1.86 bits per heavy atom. The summed E-state index contributed by atoms with van der Waals surface area (Å²) in [6.07, 6.45) is 0.733. The van der Waals surface area contributed by atoms with Crippen LogP contribution >= 0.6 is 27.5 Å². The Morgan fingerprint density at radius 1 is 1.24 bits per heavy atom. The van der Waals surface area contributed by atoms with Gasteiger partial charge in [-0.1, -0.05) is 34.5 Å². The summed E-state index contributed by atoms with van der Waals surface area (Å²) in [5.74, 6) is -0.185. The molecular formula is C16H16BrClN2O. The van der Waals surface area contributed by atoms with Crippen LogP contribution in [0.4, 0.5) is 5.69 Å². The highest BCUT2D eigenvalue weighted by Crippen LogP contribution is 2.25. The molecule has 0 bridgehead atoms. The lowest BCUT2D eigenvalue weighted by Crippen LogP contribution is -2.13. The van der Waals surface area contributed by atoms with Gasteiger partial charge in [0.1, 0.15) is 5.15 Å². The van der Waals surface area contributed by atoms with E-state index >= 15 is 0 Å². The third kappa shape index (κ3) is 3.83. The molecule has 1 aromatic heterocycles. The Morgan fingerprint density at radius 3 is 2.43 bits per heavy atom. The van der Waals surface area contributed by atoms with Crippen molar-refractivity contribution in [3.63, 3.8) is 0 Å². The second kappa shape index (κ2) is 6.58. The number of nitrogens with zero attached hydrogens (tertiary/aromatic N) is 1. The predicted octanol–water partition coefficient (Wildman–Crippen LogP) is 4.93. The van der Waals surface area contributed by atoms with Crippen LogP contribution in [0.2, 0.25) is 5.15 Å². The van der Waals surface area contributed by atoms with E-state index in [2.05, 4.69) is 26.2 Å². The van der Waals surface area contributed by atoms with Gasteiger partial charge in [-0.2, -0.15) is 0 Å². The fourth-order valence-electron chi connectivity index (χ4n) is 2.08. The number of aromatic nitrogens is 1. The molecule has 0 atom stereocenters. The van der Waals surface area contributed by atoms with E-state index in [1.165, 1.54) is 0 Å². The van der Waals surface area contributed by atoms with Crippen LogP contribution in [0.15, 0.2) is 28.7 Å². The zero-order valence-corrected chi connectivity index (χ0v) is 14.5. The summed E-state index contributed by atoms with van der Waals surface area (Å²) in [4.78, 5) is 16.5. The standard InChI is InChI=1S/C16H16BrClN2O/c1-4-12-7-11(8-14(18)19-12)16(21)20-13-5-9(2)15(17)10(3)6-13/h5-8H,4H2,1-3H3,(H,20,21). The largest absolute Gasteiger partial charge is 0.322 e. The second-order valence-corrected chi connectivity index (χ2v) is 6.08. The monoisotopic (exact) mass is 366 g/mol. The van der Waals surface area contributed by atoms with Gasteiger partial charge in [-0.3, -0.25) is 4.79 Å². The van der Waals surface area contributed by atoms with Crippen LogP contribution in [0.1, 0.15) is 34.1 Å². The van der Waals surface area contributed by atoms with Crippen LogP contribution in [0.25, 0.3) is 0 Å². The smallest absolute Gasteiger partial charge is 0.255 e. The maximum atomic E-state index is 12.3. The molecular weight excluding hydrogens is 352 g/mol. The first-order valence-electron chi connectivity index (χ1n) is 6.65. The Bertz CT molecular complexity index is 678. The first kappa shape index (κ1) is 16.0. The third-order valence-corrected chi connectivity index (χ3v) is 4.61. The molecule has 0 unspecified atom stereocenters. The van der Waals surface area contributed by atoms with E-state index in [4.69, 9.17) is 11.6 Å². The first-order valence-corrected chi connectivity index (χ1v) is 7.82. The van der Waals surface area contributed by atoms with Crippen LogP contribution in [-0.2, 0) is 6.42 Å². The molecule has 5 heteroatoms. The fraction of sp³-hybridized carbons (Fsp3) is 0.250. The van der Waals surface area contributed by atoms with E-state index in [1.54, 1.807) is 12.1 Å². The Hall–Kier alpha value is -1.39. The quantitative estimate of drug-likeness (QED) is 0.782. The van der Waals surface area contributed by atoms with Gasteiger partial charge in [0.25, 0.3) is 5.91 Å². The number of halogens is 2. The number of benzene rings is 1. The van der Waals surface area contributed by atoms with Gasteiger partial charge < -0.3 is 5.32 Å². The van der Waals surface area contributed by atoms with Crippen LogP contribution in [0, 0.1) is 13.8 Å². The van der Waals surface area contributed by atoms with Crippen molar-refractivity contribution in [3.8, 4) is 0 Å². The molecule has 2 aromatic rings. The van der Waals surface area contributed by atoms with E-state index in [-0.39, 0.29) is 5.91 Å². The average molecular weight is 368 g/mol. The van der Waals surface area contributed by atoms with Gasteiger partial charge in [0.05, 0.1) is 0 Å². The molecule has 0 saturated heterocycles. The molecule has 2 rings (SSSR count). The topological polar surface area (TPSA) is 42.0 Å². The van der Waals surface area contributed by atoms with E-state index in [0.29, 0.717) is 10.7 Å². The number of pyridine rings is 1. The highest BCUT2D eigenvalue weighted by atomic mass is 79.9. The van der Waals surface area contributed by atoms with E-state index in [9.17, 15) is 4.79 Å². The molecule has 0 spiro atoms. The average Bonchev–Trinajstić information content (AvgIpc) is 2.43. The van der Waals surface area contributed by atoms with Crippen molar-refractivity contribution in [1.82, 2.24) is 4.98 Å². The molecule has 1 aromatic carbocycles. The zero-order valence-electron chi connectivity index (χ0n) is 12.1. The van der Waals surface area contributed by atoms with Crippen LogP contribution < -0.4 is 5.32 Å². The summed E-state index contributed by atoms with van der Waals surface area (Å²) < 4.78 is 1.06. The first-order chi connectivity index (χ1) is 9.90. The Kier molecular flexibility index (Phi) is 5.01. The molecule has 110 valence electrons. The lowest BCUT2D eigenvalue weighted by molar-refractivity contribution is 0.102. The van der Waals surface area contributed by atoms with Gasteiger partial charge in [-0.25, -0.2) is 4.98 Å². The van der Waals surface area contributed by atoms with Gasteiger partial charge in [0.2, 0.25) is 0 Å². The maximum Gasteiger partial charge on any atom is 0.255 e. The van der Waals surface area contributed by atoms with E-state index in [1.807, 2.05) is 32.9 Å². The van der Waals surface area contributed by atoms with Gasteiger partial charge in [-0.15, -0.1) is 0 Å². The lowest BCUT2D eigenvalue weighted by atomic mass is 10.1. The van der Waals surface area contributed by atoms with Gasteiger partial charge in [-0.05, 0) is 55.7 Å². The summed E-state index contributed by atoms with van der Waals surface area (Å²) in [6.45, 7) is 5.96. The fourth-order valence-corrected chi connectivity index (χ4v) is 2.54. The minimum atomic E-state index is -0.185. The molecule has 0 saturated carbocycles. The molecule has 1 N–H and O–H groups in total. The number of anilines is 1. The second-order valence-electron chi connectivity index (χ2n) is 4.90. The van der Waals surface area contributed by atoms with E-state index < -0.39 is 0 Å². The zero-order chi connectivity index (χ0) is 15.6. The van der Waals surface area contributed by atoms with Crippen molar-refractivity contribution < 1.29 is 4.79 Å². The molecule has 0 fully saturated rings. The number of nitrogens with one attached hydrogen (secondary N) is 1. The number of hydrogen-bond acceptors (Lipinski definition) is 2. The van der Waals surface area contributed by atoms with Crippen molar-refractivity contribution in [2.75, 3.05) is 5.32 Å². The van der Waals surface area contributed by atoms with Crippen LogP contribution in [0.5, 0.6) is 0 Å². The summed E-state index contributed by atoms with van der Waals surface area (Å²) in [7, 11) is 0. The molecule has 21 heavy (non-hydrogen) atoms. The van der Waals surface area contributed by atoms with Gasteiger partial charge >= 0.3 is 0 Å². The highest BCUT2D eigenvalue weighted by molar-refractivity contribution is 9.10. The van der Waals surface area contributed by atoms with E-state index in [0.717, 1.165) is 33.4 Å². The highest BCUT2D eigenvalue weighted by Gasteiger charge is 2.10. The molecule has 0 radical (unpaired) electrons. The number of carbonyl (C=O) groups excluding carboxylic acids is 1. The summed E-state index contributed by atoms with van der Waals surface area (Å²) >= 11 is 9.46. The summed E-state index contributed by atoms with van der Waals surface area (Å²) in [6, 6.07) is 7.20. The minimum Gasteiger partial charge on any atom is -0.322 e. The van der Waals surface area contributed by atoms with Crippen molar-refractivity contribution >= 4 is 39.1 Å². The number of hydrogen-bond donors (Lipinski definition) is 1. The molecule has 0 aliphatic carbocycles. The minimum absolute atomic E-state index is 0.185. The van der Waals surface area contributed by atoms with Crippen LogP contribution in [0.3, 0.4) is 0 Å². The predicted molar refractivity (Wildman–Crippen MR) is 90.2 cm³/mol. The molecule has 1 amide bonds. The van der Waals surface area contributed by atoms with Crippen LogP contribution in [-0.4, -0.2) is 10.9 Å². The molecule has 0 aliphatic rings. The molecule has 3 nitrogen and oxygen atoms in total. The third-order valence-electron chi connectivity index (χ3n) is 3.17. The van der Waals surface area contributed by atoms with Crippen molar-refractivity contribution in [2.24, 2.45) is 0 Å². The SMILES string of the molecule is CCc1cc(C(=O)Nc2cc(C)c(Br)c(C)c2)cc(Cl)n1. The summed E-state index contributed by atoms with van der Waals surface area (Å²) in [5, 5.41) is 3.24. The van der Waals surface area contributed by atoms with Crippen molar-refractivity contribution in [2.45, 2.75) is 27.2 Å². The normalized spacial score (nSPS) is 10.5. The molecule has 0 aliphatic heterocycles. The van der Waals surface area contributed by atoms with Gasteiger partial charge in [0, 0.05) is 21.4 Å². The number of amides is 1. The van der Waals surface area contributed by atoms with Gasteiger partial charge in [0.15, 0.2) is 0 Å². The summed E-state index contributed by atoms with van der Waals surface area (Å²) in [5.41, 5.74) is 4.24.